The molecule has 4 nitrogen and oxygen atoms in total. The molecule has 0 saturated carbocycles. The molecule has 0 aliphatic heterocycles. The maximum atomic E-state index is 12.5. The summed E-state index contributed by atoms with van der Waals surface area (Å²) in [6, 6.07) is 9.33. The first-order valence-electron chi connectivity index (χ1n) is 6.58. The minimum Gasteiger partial charge on any atom is -0.497 e. The molecule has 0 radical (unpaired) electrons. The lowest BCUT2D eigenvalue weighted by molar-refractivity contribution is 0.0783. The van der Waals surface area contributed by atoms with Gasteiger partial charge in [0.25, 0.3) is 5.91 Å². The number of rotatable bonds is 5. The van der Waals surface area contributed by atoms with Gasteiger partial charge in [-0.1, -0.05) is 0 Å². The Labute approximate surface area is 128 Å². The number of hydrogen-bond donors (Lipinski definition) is 0. The van der Waals surface area contributed by atoms with Crippen molar-refractivity contribution in [2.45, 2.75) is 13.5 Å². The zero-order valence-corrected chi connectivity index (χ0v) is 13.5. The number of hydrogen-bond acceptors (Lipinski definition) is 4. The van der Waals surface area contributed by atoms with Crippen LogP contribution in [0.4, 0.5) is 0 Å². The van der Waals surface area contributed by atoms with Crippen LogP contribution >= 0.6 is 11.3 Å². The molecule has 0 atom stereocenters. The Morgan fingerprint density at radius 2 is 1.95 bits per heavy atom. The molecule has 2 rings (SSSR count). The smallest absolute Gasteiger partial charge is 0.257 e. The monoisotopic (exact) mass is 305 g/mol. The molecule has 0 fully saturated rings. The second-order valence-electron chi connectivity index (χ2n) is 4.74. The highest BCUT2D eigenvalue weighted by atomic mass is 32.1. The highest BCUT2D eigenvalue weighted by molar-refractivity contribution is 7.11. The number of carbonyl (C=O) groups is 1. The van der Waals surface area contributed by atoms with Crippen LogP contribution < -0.4 is 9.47 Å². The second-order valence-corrected chi connectivity index (χ2v) is 6.11. The summed E-state index contributed by atoms with van der Waals surface area (Å²) in [5.41, 5.74) is 0.536. The minimum atomic E-state index is -0.0689. The normalized spacial score (nSPS) is 10.3. The van der Waals surface area contributed by atoms with Gasteiger partial charge in [0, 0.05) is 22.9 Å². The lowest BCUT2D eigenvalue weighted by Crippen LogP contribution is -2.26. The molecule has 112 valence electrons. The maximum Gasteiger partial charge on any atom is 0.257 e. The van der Waals surface area contributed by atoms with Crippen LogP contribution in [-0.2, 0) is 6.54 Å². The van der Waals surface area contributed by atoms with Gasteiger partial charge >= 0.3 is 0 Å². The predicted molar refractivity (Wildman–Crippen MR) is 84.4 cm³/mol. The summed E-state index contributed by atoms with van der Waals surface area (Å²) >= 11 is 1.70. The fourth-order valence-corrected chi connectivity index (χ4v) is 3.00. The van der Waals surface area contributed by atoms with E-state index in [0.717, 1.165) is 4.88 Å². The molecular weight excluding hydrogens is 286 g/mol. The summed E-state index contributed by atoms with van der Waals surface area (Å²) in [5, 5.41) is 0. The summed E-state index contributed by atoms with van der Waals surface area (Å²) in [7, 11) is 4.93. The van der Waals surface area contributed by atoms with Crippen LogP contribution in [0.15, 0.2) is 30.3 Å². The van der Waals surface area contributed by atoms with Crippen molar-refractivity contribution in [3.05, 3.63) is 45.6 Å². The molecule has 1 amide bonds. The van der Waals surface area contributed by atoms with E-state index in [2.05, 4.69) is 19.1 Å². The summed E-state index contributed by atoms with van der Waals surface area (Å²) in [6.07, 6.45) is 0. The van der Waals surface area contributed by atoms with E-state index in [4.69, 9.17) is 9.47 Å². The number of methoxy groups -OCH3 is 2. The molecule has 0 aliphatic carbocycles. The molecule has 0 unspecified atom stereocenters. The van der Waals surface area contributed by atoms with E-state index >= 15 is 0 Å². The molecule has 0 N–H and O–H groups in total. The van der Waals surface area contributed by atoms with Gasteiger partial charge in [-0.2, -0.15) is 0 Å². The Morgan fingerprint density at radius 1 is 1.19 bits per heavy atom. The van der Waals surface area contributed by atoms with Crippen LogP contribution in [0.1, 0.15) is 20.1 Å². The summed E-state index contributed by atoms with van der Waals surface area (Å²) in [4.78, 5) is 16.6. The van der Waals surface area contributed by atoms with Crippen molar-refractivity contribution in [2.75, 3.05) is 21.3 Å². The number of amides is 1. The molecule has 1 heterocycles. The predicted octanol–water partition coefficient (Wildman–Crippen LogP) is 3.35. The summed E-state index contributed by atoms with van der Waals surface area (Å²) in [5.74, 6) is 1.12. The zero-order chi connectivity index (χ0) is 15.4. The molecule has 0 spiro atoms. The Bertz CT molecular complexity index is 636. The van der Waals surface area contributed by atoms with Crippen molar-refractivity contribution in [3.8, 4) is 11.5 Å². The Kier molecular flexibility index (Phi) is 4.85. The van der Waals surface area contributed by atoms with Crippen molar-refractivity contribution < 1.29 is 14.3 Å². The highest BCUT2D eigenvalue weighted by Crippen LogP contribution is 2.26. The minimum absolute atomic E-state index is 0.0689. The molecule has 5 heteroatoms. The number of thiophene rings is 1. The van der Waals surface area contributed by atoms with Crippen molar-refractivity contribution in [1.82, 2.24) is 4.90 Å². The van der Waals surface area contributed by atoms with Crippen LogP contribution in [0.3, 0.4) is 0 Å². The van der Waals surface area contributed by atoms with Crippen LogP contribution in [0.5, 0.6) is 11.5 Å². The lowest BCUT2D eigenvalue weighted by Gasteiger charge is -2.18. The molecule has 0 saturated heterocycles. The Morgan fingerprint density at radius 3 is 2.52 bits per heavy atom. The van der Waals surface area contributed by atoms with Gasteiger partial charge in [-0.15, -0.1) is 11.3 Å². The Balaban J connectivity index is 2.18. The van der Waals surface area contributed by atoms with Gasteiger partial charge in [-0.05, 0) is 31.2 Å². The number of aryl methyl sites for hydroxylation is 1. The molecule has 21 heavy (non-hydrogen) atoms. The van der Waals surface area contributed by atoms with Gasteiger partial charge in [0.2, 0.25) is 0 Å². The first kappa shape index (κ1) is 15.4. The van der Waals surface area contributed by atoms with E-state index in [1.54, 1.807) is 55.7 Å². The van der Waals surface area contributed by atoms with Crippen LogP contribution in [0.2, 0.25) is 0 Å². The average molecular weight is 305 g/mol. The number of benzene rings is 1. The SMILES string of the molecule is COc1ccc(C(=O)N(C)Cc2ccc(C)s2)c(OC)c1. The highest BCUT2D eigenvalue weighted by Gasteiger charge is 2.18. The summed E-state index contributed by atoms with van der Waals surface area (Å²) < 4.78 is 10.4. The number of nitrogens with zero attached hydrogens (tertiary/aromatic N) is 1. The second kappa shape index (κ2) is 6.63. The van der Waals surface area contributed by atoms with Crippen LogP contribution in [0, 0.1) is 6.92 Å². The largest absolute Gasteiger partial charge is 0.497 e. The average Bonchev–Trinajstić information content (AvgIpc) is 2.90. The third-order valence-corrected chi connectivity index (χ3v) is 4.16. The van der Waals surface area contributed by atoms with Crippen molar-refractivity contribution in [3.63, 3.8) is 0 Å². The lowest BCUT2D eigenvalue weighted by atomic mass is 10.1. The van der Waals surface area contributed by atoms with Gasteiger partial charge in [0.1, 0.15) is 11.5 Å². The van der Waals surface area contributed by atoms with Crippen LogP contribution in [-0.4, -0.2) is 32.1 Å². The van der Waals surface area contributed by atoms with Gasteiger partial charge in [-0.25, -0.2) is 0 Å². The van der Waals surface area contributed by atoms with E-state index < -0.39 is 0 Å². The first-order chi connectivity index (χ1) is 10.0. The van der Waals surface area contributed by atoms with Gasteiger partial charge in [0.15, 0.2) is 0 Å². The molecular formula is C16H19NO3S. The topological polar surface area (TPSA) is 38.8 Å². The summed E-state index contributed by atoms with van der Waals surface area (Å²) in [6.45, 7) is 2.65. The molecule has 2 aromatic rings. The van der Waals surface area contributed by atoms with E-state index in [-0.39, 0.29) is 5.91 Å². The van der Waals surface area contributed by atoms with Crippen molar-refractivity contribution in [1.29, 1.82) is 0 Å². The van der Waals surface area contributed by atoms with E-state index in [1.165, 1.54) is 4.88 Å². The fraction of sp³-hybridized carbons (Fsp3) is 0.312. The van der Waals surface area contributed by atoms with Crippen LogP contribution in [0.25, 0.3) is 0 Å². The third kappa shape index (κ3) is 3.55. The van der Waals surface area contributed by atoms with Gasteiger partial charge < -0.3 is 14.4 Å². The molecule has 0 bridgehead atoms. The van der Waals surface area contributed by atoms with Crippen molar-refractivity contribution >= 4 is 17.2 Å². The maximum absolute atomic E-state index is 12.5. The quantitative estimate of drug-likeness (QED) is 0.850. The first-order valence-corrected chi connectivity index (χ1v) is 7.39. The Hall–Kier alpha value is -2.01. The number of carbonyl (C=O) groups excluding carboxylic acids is 1. The molecule has 1 aromatic heterocycles. The molecule has 0 aliphatic rings. The van der Waals surface area contributed by atoms with Gasteiger partial charge in [-0.3, -0.25) is 4.79 Å². The molecule has 1 aromatic carbocycles. The van der Waals surface area contributed by atoms with Gasteiger partial charge in [0.05, 0.1) is 26.3 Å². The van der Waals surface area contributed by atoms with Crippen molar-refractivity contribution in [2.24, 2.45) is 0 Å². The number of ether oxygens (including phenoxy) is 2. The van der Waals surface area contributed by atoms with E-state index in [0.29, 0.717) is 23.6 Å². The zero-order valence-electron chi connectivity index (χ0n) is 12.7. The van der Waals surface area contributed by atoms with E-state index in [9.17, 15) is 4.79 Å². The standard InChI is InChI=1S/C16H19NO3S/c1-11-5-7-13(21-11)10-17(2)16(18)14-8-6-12(19-3)9-15(14)20-4/h5-9H,10H2,1-4H3. The fourth-order valence-electron chi connectivity index (χ4n) is 2.06. The third-order valence-electron chi connectivity index (χ3n) is 3.17. The van der Waals surface area contributed by atoms with E-state index in [1.807, 2.05) is 0 Å².